The number of carbonyl (C=O) groups excluding carboxylic acids is 2. The molecule has 8 heteroatoms. The molecule has 0 spiro atoms. The van der Waals surface area contributed by atoms with Gasteiger partial charge in [-0.05, 0) is 55.2 Å². The average Bonchev–Trinajstić information content (AvgIpc) is 3.25. The van der Waals surface area contributed by atoms with Gasteiger partial charge in [-0.25, -0.2) is 13.2 Å². The van der Waals surface area contributed by atoms with E-state index in [-0.39, 0.29) is 28.9 Å². The molecular weight excluding hydrogens is 426 g/mol. The number of nitrogens with one attached hydrogen (secondary N) is 1. The molecule has 1 atom stereocenters. The number of rotatable bonds is 3. The van der Waals surface area contributed by atoms with Crippen molar-refractivity contribution in [3.63, 3.8) is 0 Å². The molecule has 0 unspecified atom stereocenters. The summed E-state index contributed by atoms with van der Waals surface area (Å²) in [4.78, 5) is 29.3. The molecular formula is C24H29N3O4S. The summed E-state index contributed by atoms with van der Waals surface area (Å²) in [6.45, 7) is 3.88. The number of hydrogen-bond donors (Lipinski definition) is 1. The van der Waals surface area contributed by atoms with E-state index in [0.717, 1.165) is 36.8 Å². The molecule has 1 heterocycles. The predicted molar refractivity (Wildman–Crippen MR) is 126 cm³/mol. The van der Waals surface area contributed by atoms with Gasteiger partial charge in [-0.3, -0.25) is 9.69 Å². The van der Waals surface area contributed by atoms with E-state index in [9.17, 15) is 18.0 Å². The van der Waals surface area contributed by atoms with Gasteiger partial charge in [-0.15, -0.1) is 0 Å². The maximum atomic E-state index is 13.2. The van der Waals surface area contributed by atoms with Crippen molar-refractivity contribution in [1.29, 1.82) is 0 Å². The number of hydrogen-bond acceptors (Lipinski definition) is 4. The lowest BCUT2D eigenvalue weighted by Crippen LogP contribution is -2.54. The van der Waals surface area contributed by atoms with Gasteiger partial charge in [0, 0.05) is 25.8 Å². The smallest absolute Gasteiger partial charge is 0.322 e. The third kappa shape index (κ3) is 4.37. The highest BCUT2D eigenvalue weighted by Crippen LogP contribution is 2.39. The van der Waals surface area contributed by atoms with Gasteiger partial charge in [-0.2, -0.15) is 0 Å². The number of carbonyl (C=O) groups is 2. The molecule has 1 aliphatic heterocycles. The van der Waals surface area contributed by atoms with E-state index in [1.165, 1.54) is 13.2 Å². The number of urea groups is 1. The van der Waals surface area contributed by atoms with E-state index in [2.05, 4.69) is 5.32 Å². The van der Waals surface area contributed by atoms with Crippen molar-refractivity contribution < 1.29 is 18.0 Å². The summed E-state index contributed by atoms with van der Waals surface area (Å²) >= 11 is 0. The minimum atomic E-state index is -3.28. The zero-order chi connectivity index (χ0) is 23.0. The zero-order valence-electron chi connectivity index (χ0n) is 18.7. The Bertz CT molecular complexity index is 1140. The normalized spacial score (nSPS) is 19.0. The SMILES string of the molecule is CC(=O)N1c2ccc(-c3ccc(S(C)(=O)=O)cc3)cc2N(C(=O)NC2CCCC2)C[C@@H]1C. The van der Waals surface area contributed by atoms with E-state index in [4.69, 9.17) is 0 Å². The monoisotopic (exact) mass is 455 g/mol. The average molecular weight is 456 g/mol. The molecule has 0 radical (unpaired) electrons. The number of fused-ring (bicyclic) bond motifs is 1. The van der Waals surface area contributed by atoms with Gasteiger partial charge in [0.25, 0.3) is 0 Å². The second-order valence-corrected chi connectivity index (χ2v) is 10.8. The molecule has 2 aliphatic rings. The Kier molecular flexibility index (Phi) is 5.99. The van der Waals surface area contributed by atoms with Crippen LogP contribution in [0.5, 0.6) is 0 Å². The van der Waals surface area contributed by atoms with Crippen molar-refractivity contribution >= 4 is 33.2 Å². The lowest BCUT2D eigenvalue weighted by Gasteiger charge is -2.41. The van der Waals surface area contributed by atoms with Crippen LogP contribution in [0.15, 0.2) is 47.4 Å². The quantitative estimate of drug-likeness (QED) is 0.759. The third-order valence-electron chi connectivity index (χ3n) is 6.30. The highest BCUT2D eigenvalue weighted by molar-refractivity contribution is 7.90. The standard InChI is InChI=1S/C24H29N3O4S/c1-16-15-26(24(29)25-20-6-4-5-7-20)23-14-19(10-13-22(23)27(16)17(2)28)18-8-11-21(12-9-18)32(3,30)31/h8-14,16,20H,4-7,15H2,1-3H3,(H,25,29)/t16-/m0/s1. The number of benzene rings is 2. The summed E-state index contributed by atoms with van der Waals surface area (Å²) in [6, 6.07) is 12.3. The molecule has 1 N–H and O–H groups in total. The first kappa shape index (κ1) is 22.3. The first-order chi connectivity index (χ1) is 15.1. The van der Waals surface area contributed by atoms with E-state index >= 15 is 0 Å². The molecule has 0 saturated heterocycles. The first-order valence-corrected chi connectivity index (χ1v) is 12.9. The second-order valence-electron chi connectivity index (χ2n) is 8.78. The number of anilines is 2. The van der Waals surface area contributed by atoms with Crippen LogP contribution in [0.2, 0.25) is 0 Å². The van der Waals surface area contributed by atoms with Crippen molar-refractivity contribution in [3.8, 4) is 11.1 Å². The Morgan fingerprint density at radius 2 is 1.59 bits per heavy atom. The highest BCUT2D eigenvalue weighted by atomic mass is 32.2. The van der Waals surface area contributed by atoms with Gasteiger partial charge in [-0.1, -0.05) is 31.0 Å². The van der Waals surface area contributed by atoms with Crippen molar-refractivity contribution in [2.75, 3.05) is 22.6 Å². The maximum Gasteiger partial charge on any atom is 0.322 e. The van der Waals surface area contributed by atoms with Crippen LogP contribution in [0.1, 0.15) is 39.5 Å². The molecule has 2 aromatic carbocycles. The summed E-state index contributed by atoms with van der Waals surface area (Å²) in [5, 5.41) is 3.15. The van der Waals surface area contributed by atoms with Crippen LogP contribution >= 0.6 is 0 Å². The van der Waals surface area contributed by atoms with Crippen molar-refractivity contribution in [2.24, 2.45) is 0 Å². The number of sulfone groups is 1. The van der Waals surface area contributed by atoms with Gasteiger partial charge in [0.2, 0.25) is 5.91 Å². The van der Waals surface area contributed by atoms with Crippen LogP contribution in [0, 0.1) is 0 Å². The fourth-order valence-electron chi connectivity index (χ4n) is 4.69. The Balaban J connectivity index is 1.72. The van der Waals surface area contributed by atoms with E-state index in [1.54, 1.807) is 34.1 Å². The zero-order valence-corrected chi connectivity index (χ0v) is 19.5. The second kappa shape index (κ2) is 8.58. The van der Waals surface area contributed by atoms with Crippen LogP contribution in [-0.2, 0) is 14.6 Å². The van der Waals surface area contributed by atoms with E-state index in [0.29, 0.717) is 17.9 Å². The van der Waals surface area contributed by atoms with Gasteiger partial charge in [0.05, 0.1) is 22.3 Å². The summed E-state index contributed by atoms with van der Waals surface area (Å²) in [7, 11) is -3.28. The molecule has 1 fully saturated rings. The fourth-order valence-corrected chi connectivity index (χ4v) is 5.32. The molecule has 32 heavy (non-hydrogen) atoms. The predicted octanol–water partition coefficient (Wildman–Crippen LogP) is 3.97. The summed E-state index contributed by atoms with van der Waals surface area (Å²) in [5.41, 5.74) is 3.07. The van der Waals surface area contributed by atoms with Crippen LogP contribution in [-0.4, -0.2) is 45.2 Å². The van der Waals surface area contributed by atoms with Gasteiger partial charge in [0.1, 0.15) is 0 Å². The lowest BCUT2D eigenvalue weighted by molar-refractivity contribution is -0.117. The van der Waals surface area contributed by atoms with Crippen molar-refractivity contribution in [2.45, 2.75) is 56.5 Å². The van der Waals surface area contributed by atoms with Crippen LogP contribution in [0.3, 0.4) is 0 Å². The summed E-state index contributed by atoms with van der Waals surface area (Å²) < 4.78 is 23.5. The van der Waals surface area contributed by atoms with Crippen LogP contribution < -0.4 is 15.1 Å². The number of nitrogens with zero attached hydrogens (tertiary/aromatic N) is 2. The Morgan fingerprint density at radius 1 is 0.969 bits per heavy atom. The van der Waals surface area contributed by atoms with E-state index < -0.39 is 9.84 Å². The number of amides is 3. The molecule has 2 aromatic rings. The van der Waals surface area contributed by atoms with Crippen LogP contribution in [0.4, 0.5) is 16.2 Å². The Labute approximate surface area is 189 Å². The maximum absolute atomic E-state index is 13.2. The molecule has 1 saturated carbocycles. The topological polar surface area (TPSA) is 86.8 Å². The first-order valence-electron chi connectivity index (χ1n) is 11.0. The Morgan fingerprint density at radius 3 is 2.19 bits per heavy atom. The minimum absolute atomic E-state index is 0.0696. The fraction of sp³-hybridized carbons (Fsp3) is 0.417. The largest absolute Gasteiger partial charge is 0.335 e. The summed E-state index contributed by atoms with van der Waals surface area (Å²) in [6.07, 6.45) is 5.43. The molecule has 170 valence electrons. The van der Waals surface area contributed by atoms with E-state index in [1.807, 2.05) is 25.1 Å². The van der Waals surface area contributed by atoms with Gasteiger partial charge in [0.15, 0.2) is 9.84 Å². The Hall–Kier alpha value is -2.87. The highest BCUT2D eigenvalue weighted by Gasteiger charge is 2.34. The van der Waals surface area contributed by atoms with Crippen LogP contribution in [0.25, 0.3) is 11.1 Å². The minimum Gasteiger partial charge on any atom is -0.335 e. The van der Waals surface area contributed by atoms with Gasteiger partial charge >= 0.3 is 6.03 Å². The molecule has 7 nitrogen and oxygen atoms in total. The van der Waals surface area contributed by atoms with Crippen molar-refractivity contribution in [3.05, 3.63) is 42.5 Å². The molecule has 3 amide bonds. The third-order valence-corrected chi connectivity index (χ3v) is 7.42. The summed E-state index contributed by atoms with van der Waals surface area (Å²) in [5.74, 6) is -0.0696. The molecule has 1 aliphatic carbocycles. The molecule has 0 bridgehead atoms. The van der Waals surface area contributed by atoms with Gasteiger partial charge < -0.3 is 10.2 Å². The molecule has 4 rings (SSSR count). The molecule has 0 aromatic heterocycles. The van der Waals surface area contributed by atoms with Crippen molar-refractivity contribution in [1.82, 2.24) is 5.32 Å². The lowest BCUT2D eigenvalue weighted by atomic mass is 10.0.